The topological polar surface area (TPSA) is 48.1 Å². The molecule has 1 heterocycles. The summed E-state index contributed by atoms with van der Waals surface area (Å²) in [7, 11) is 0. The van der Waals surface area contributed by atoms with Gasteiger partial charge in [0, 0.05) is 17.5 Å². The predicted molar refractivity (Wildman–Crippen MR) is 98.2 cm³/mol. The molecule has 0 radical (unpaired) electrons. The molecule has 0 bridgehead atoms. The fraction of sp³-hybridized carbons (Fsp3) is 0.389. The molecule has 0 atom stereocenters. The van der Waals surface area contributed by atoms with Gasteiger partial charge in [-0.1, -0.05) is 11.6 Å². The van der Waals surface area contributed by atoms with E-state index in [0.29, 0.717) is 18.7 Å². The van der Waals surface area contributed by atoms with Gasteiger partial charge in [0.2, 0.25) is 0 Å². The predicted octanol–water partition coefficient (Wildman–Crippen LogP) is 5.98. The molecule has 1 aromatic heterocycles. The minimum absolute atomic E-state index is 0. The van der Waals surface area contributed by atoms with E-state index in [1.165, 1.54) is 12.3 Å². The van der Waals surface area contributed by atoms with Crippen molar-refractivity contribution >= 4 is 24.0 Å². The van der Waals surface area contributed by atoms with Gasteiger partial charge in [0.1, 0.15) is 10.9 Å². The van der Waals surface area contributed by atoms with Crippen LogP contribution in [0, 0.1) is 5.41 Å². The second kappa shape index (κ2) is 8.20. The first-order chi connectivity index (χ1) is 12.9. The van der Waals surface area contributed by atoms with E-state index in [0.717, 1.165) is 12.8 Å². The van der Waals surface area contributed by atoms with E-state index in [4.69, 9.17) is 22.1 Å². The van der Waals surface area contributed by atoms with Crippen molar-refractivity contribution in [3.05, 3.63) is 46.7 Å². The summed E-state index contributed by atoms with van der Waals surface area (Å²) >= 11 is 5.94. The van der Waals surface area contributed by atoms with Crippen LogP contribution < -0.4 is 10.5 Å². The van der Waals surface area contributed by atoms with Gasteiger partial charge in [-0.3, -0.25) is 0 Å². The average Bonchev–Trinajstić information content (AvgIpc) is 3.40. The Bertz CT molecular complexity index is 849. The van der Waals surface area contributed by atoms with Gasteiger partial charge in [0.05, 0.1) is 23.9 Å². The molecule has 1 aromatic carbocycles. The highest BCUT2D eigenvalue weighted by atomic mass is 35.5. The molecule has 3 nitrogen and oxygen atoms in total. The summed E-state index contributed by atoms with van der Waals surface area (Å²) in [6.07, 6.45) is -6.87. The van der Waals surface area contributed by atoms with E-state index < -0.39 is 23.5 Å². The Labute approximate surface area is 173 Å². The van der Waals surface area contributed by atoms with Crippen molar-refractivity contribution in [2.24, 2.45) is 11.1 Å². The second-order valence-electron chi connectivity index (χ2n) is 6.80. The molecule has 1 aliphatic rings. The molecule has 1 saturated carbocycles. The number of benzene rings is 1. The smallest absolute Gasteiger partial charge is 0.416 e. The van der Waals surface area contributed by atoms with Crippen LogP contribution in [0.1, 0.15) is 24.0 Å². The molecule has 1 aliphatic carbocycles. The van der Waals surface area contributed by atoms with E-state index in [-0.39, 0.29) is 52.5 Å². The quantitative estimate of drug-likeness (QED) is 0.441. The number of nitrogens with zero attached hydrogens (tertiary/aromatic N) is 1. The van der Waals surface area contributed by atoms with Gasteiger partial charge >= 0.3 is 12.4 Å². The van der Waals surface area contributed by atoms with Crippen molar-refractivity contribution < 1.29 is 31.1 Å². The molecule has 0 saturated heterocycles. The zero-order valence-electron chi connectivity index (χ0n) is 14.7. The van der Waals surface area contributed by atoms with Crippen molar-refractivity contribution in [3.63, 3.8) is 0 Å². The lowest BCUT2D eigenvalue weighted by Crippen LogP contribution is -2.22. The minimum Gasteiger partial charge on any atom is -0.491 e. The molecule has 0 unspecified atom stereocenters. The first-order valence-corrected chi connectivity index (χ1v) is 8.60. The Morgan fingerprint density at radius 2 is 1.55 bits per heavy atom. The van der Waals surface area contributed by atoms with Crippen molar-refractivity contribution in [1.29, 1.82) is 0 Å². The Kier molecular flexibility index (Phi) is 6.66. The van der Waals surface area contributed by atoms with Gasteiger partial charge in [-0.05, 0) is 42.7 Å². The summed E-state index contributed by atoms with van der Waals surface area (Å²) in [5, 5.41) is -0.236. The zero-order valence-corrected chi connectivity index (χ0v) is 16.3. The maximum absolute atomic E-state index is 13.1. The largest absolute Gasteiger partial charge is 0.491 e. The van der Waals surface area contributed by atoms with Gasteiger partial charge in [0.25, 0.3) is 0 Å². The first kappa shape index (κ1) is 23.6. The van der Waals surface area contributed by atoms with Gasteiger partial charge in [-0.25, -0.2) is 4.98 Å². The lowest BCUT2D eigenvalue weighted by Gasteiger charge is -2.16. The highest BCUT2D eigenvalue weighted by Crippen LogP contribution is 2.45. The summed E-state index contributed by atoms with van der Waals surface area (Å²) in [6.45, 7) is 0.700. The molecule has 160 valence electrons. The zero-order chi connectivity index (χ0) is 20.7. The number of halogens is 8. The molecule has 2 N–H and O–H groups in total. The normalized spacial score (nSPS) is 15.6. The summed E-state index contributed by atoms with van der Waals surface area (Å²) < 4.78 is 84.1. The monoisotopic (exact) mass is 460 g/mol. The number of hydrogen-bond donors (Lipinski definition) is 1. The maximum Gasteiger partial charge on any atom is 0.416 e. The van der Waals surface area contributed by atoms with Crippen LogP contribution in [-0.4, -0.2) is 18.1 Å². The van der Waals surface area contributed by atoms with Crippen LogP contribution in [0.25, 0.3) is 11.1 Å². The summed E-state index contributed by atoms with van der Waals surface area (Å²) in [4.78, 5) is 3.83. The van der Waals surface area contributed by atoms with Gasteiger partial charge < -0.3 is 10.5 Å². The number of nitrogens with two attached hydrogens (primary N) is 1. The van der Waals surface area contributed by atoms with E-state index >= 15 is 0 Å². The minimum atomic E-state index is -4.95. The van der Waals surface area contributed by atoms with Crippen LogP contribution in [-0.2, 0) is 12.4 Å². The number of ether oxygens (including phenoxy) is 1. The summed E-state index contributed by atoms with van der Waals surface area (Å²) in [5.41, 5.74) is 2.22. The Balaban J connectivity index is 0.00000300. The Hall–Kier alpha value is -1.71. The third-order valence-electron chi connectivity index (χ3n) is 4.65. The molecular formula is C18H16Cl2F6N2O. The number of aromatic nitrogens is 1. The summed E-state index contributed by atoms with van der Waals surface area (Å²) in [5.74, 6) is 0.185. The fourth-order valence-corrected chi connectivity index (χ4v) is 2.85. The Morgan fingerprint density at radius 3 is 2.00 bits per heavy atom. The van der Waals surface area contributed by atoms with Gasteiger partial charge in [0.15, 0.2) is 0 Å². The van der Waals surface area contributed by atoms with E-state index in [1.54, 1.807) is 0 Å². The van der Waals surface area contributed by atoms with E-state index in [1.807, 2.05) is 0 Å². The number of rotatable bonds is 5. The standard InChI is InChI=1S/C18H15ClF6N2O.ClH/c19-15-14(6-13(7-27-15)28-9-16(8-26)1-2-16)10-3-11(17(20,21)22)5-12(4-10)18(23,24)25;/h3-7H,1-2,8-9,26H2;1H. The van der Waals surface area contributed by atoms with E-state index in [2.05, 4.69) is 4.98 Å². The van der Waals surface area contributed by atoms with Crippen molar-refractivity contribution in [2.75, 3.05) is 13.2 Å². The van der Waals surface area contributed by atoms with Crippen LogP contribution in [0.2, 0.25) is 5.15 Å². The second-order valence-corrected chi connectivity index (χ2v) is 7.15. The fourth-order valence-electron chi connectivity index (χ4n) is 2.64. The molecular weight excluding hydrogens is 445 g/mol. The lowest BCUT2D eigenvalue weighted by molar-refractivity contribution is -0.143. The SMILES string of the molecule is Cl.NCC1(COc2cnc(Cl)c(-c3cc(C(F)(F)F)cc(C(F)(F)F)c3)c2)CC1. The third-order valence-corrected chi connectivity index (χ3v) is 4.95. The van der Waals surface area contributed by atoms with Crippen LogP contribution in [0.3, 0.4) is 0 Å². The van der Waals surface area contributed by atoms with Crippen LogP contribution in [0.5, 0.6) is 5.75 Å². The van der Waals surface area contributed by atoms with Crippen molar-refractivity contribution in [1.82, 2.24) is 4.98 Å². The molecule has 11 heteroatoms. The first-order valence-electron chi connectivity index (χ1n) is 8.22. The highest BCUT2D eigenvalue weighted by molar-refractivity contribution is 6.32. The molecule has 1 fully saturated rings. The molecule has 3 rings (SSSR count). The third kappa shape index (κ3) is 5.46. The van der Waals surface area contributed by atoms with Crippen molar-refractivity contribution in [3.8, 4) is 16.9 Å². The van der Waals surface area contributed by atoms with Crippen LogP contribution in [0.15, 0.2) is 30.5 Å². The van der Waals surface area contributed by atoms with E-state index in [9.17, 15) is 26.3 Å². The molecule has 0 aliphatic heterocycles. The van der Waals surface area contributed by atoms with Crippen LogP contribution in [0.4, 0.5) is 26.3 Å². The molecule has 0 spiro atoms. The van der Waals surface area contributed by atoms with Crippen molar-refractivity contribution in [2.45, 2.75) is 25.2 Å². The maximum atomic E-state index is 13.1. The summed E-state index contributed by atoms with van der Waals surface area (Å²) in [6, 6.07) is 2.54. The number of hydrogen-bond acceptors (Lipinski definition) is 3. The lowest BCUT2D eigenvalue weighted by atomic mass is 10.00. The Morgan fingerprint density at radius 1 is 1.00 bits per heavy atom. The highest BCUT2D eigenvalue weighted by Gasteiger charge is 2.42. The van der Waals surface area contributed by atoms with Gasteiger partial charge in [-0.15, -0.1) is 12.4 Å². The molecule has 0 amide bonds. The molecule has 2 aromatic rings. The van der Waals surface area contributed by atoms with Crippen LogP contribution >= 0.6 is 24.0 Å². The number of pyridine rings is 1. The molecule has 29 heavy (non-hydrogen) atoms. The average molecular weight is 461 g/mol. The van der Waals surface area contributed by atoms with Gasteiger partial charge in [-0.2, -0.15) is 26.3 Å². The number of alkyl halides is 6.